The SMILES string of the molecule is C=CC(C)c1cn(C)cn1. The molecule has 2 heteroatoms. The monoisotopic (exact) mass is 136 g/mol. The van der Waals surface area contributed by atoms with Gasteiger partial charge in [0.25, 0.3) is 0 Å². The third kappa shape index (κ3) is 1.26. The van der Waals surface area contributed by atoms with E-state index in [-0.39, 0.29) is 0 Å². The zero-order valence-corrected chi connectivity index (χ0v) is 6.41. The fraction of sp³-hybridized carbons (Fsp3) is 0.375. The van der Waals surface area contributed by atoms with Crippen molar-refractivity contribution >= 4 is 0 Å². The van der Waals surface area contributed by atoms with Crippen LogP contribution in [0.2, 0.25) is 0 Å². The predicted octanol–water partition coefficient (Wildman–Crippen LogP) is 1.71. The van der Waals surface area contributed by atoms with Gasteiger partial charge < -0.3 is 4.57 Å². The fourth-order valence-electron chi connectivity index (χ4n) is 0.789. The number of nitrogens with zero attached hydrogens (tertiary/aromatic N) is 2. The summed E-state index contributed by atoms with van der Waals surface area (Å²) in [6.45, 7) is 5.78. The van der Waals surface area contributed by atoms with Gasteiger partial charge >= 0.3 is 0 Å². The van der Waals surface area contributed by atoms with Crippen LogP contribution in [0.25, 0.3) is 0 Å². The van der Waals surface area contributed by atoms with Crippen LogP contribution in [-0.4, -0.2) is 9.55 Å². The van der Waals surface area contributed by atoms with Gasteiger partial charge in [0.05, 0.1) is 12.0 Å². The molecule has 1 rings (SSSR count). The smallest absolute Gasteiger partial charge is 0.0947 e. The molecule has 2 nitrogen and oxygen atoms in total. The highest BCUT2D eigenvalue weighted by Crippen LogP contribution is 2.11. The van der Waals surface area contributed by atoms with Gasteiger partial charge in [-0.1, -0.05) is 13.0 Å². The van der Waals surface area contributed by atoms with Crippen LogP contribution in [0.1, 0.15) is 18.5 Å². The van der Waals surface area contributed by atoms with E-state index in [1.807, 2.05) is 23.9 Å². The molecular formula is C8H12N2. The van der Waals surface area contributed by atoms with Crippen LogP contribution in [0.4, 0.5) is 0 Å². The Morgan fingerprint density at radius 2 is 2.50 bits per heavy atom. The first-order valence-electron chi connectivity index (χ1n) is 3.34. The first-order valence-corrected chi connectivity index (χ1v) is 3.34. The van der Waals surface area contributed by atoms with Crippen LogP contribution in [0, 0.1) is 0 Å². The Morgan fingerprint density at radius 3 is 2.90 bits per heavy atom. The molecule has 0 aromatic carbocycles. The topological polar surface area (TPSA) is 17.8 Å². The molecule has 0 aliphatic rings. The maximum atomic E-state index is 4.18. The second-order valence-electron chi connectivity index (χ2n) is 2.49. The highest BCUT2D eigenvalue weighted by Gasteiger charge is 2.01. The first kappa shape index (κ1) is 7.06. The minimum absolute atomic E-state index is 0.362. The van der Waals surface area contributed by atoms with Gasteiger partial charge in [0.1, 0.15) is 0 Å². The highest BCUT2D eigenvalue weighted by atomic mass is 15.0. The van der Waals surface area contributed by atoms with E-state index in [0.717, 1.165) is 5.69 Å². The number of imidazole rings is 1. The van der Waals surface area contributed by atoms with Crippen molar-refractivity contribution in [2.24, 2.45) is 7.05 Å². The van der Waals surface area contributed by atoms with Crippen molar-refractivity contribution in [2.75, 3.05) is 0 Å². The molecule has 0 spiro atoms. The summed E-state index contributed by atoms with van der Waals surface area (Å²) in [5, 5.41) is 0. The predicted molar refractivity (Wildman–Crippen MR) is 41.8 cm³/mol. The van der Waals surface area contributed by atoms with Gasteiger partial charge in [0.2, 0.25) is 0 Å². The number of hydrogen-bond donors (Lipinski definition) is 0. The summed E-state index contributed by atoms with van der Waals surface area (Å²) in [6, 6.07) is 0. The molecule has 1 atom stereocenters. The minimum Gasteiger partial charge on any atom is -0.340 e. The first-order chi connectivity index (χ1) is 4.74. The zero-order valence-electron chi connectivity index (χ0n) is 6.41. The van der Waals surface area contributed by atoms with Gasteiger partial charge in [-0.05, 0) is 0 Å². The van der Waals surface area contributed by atoms with E-state index in [2.05, 4.69) is 18.5 Å². The molecule has 10 heavy (non-hydrogen) atoms. The lowest BCUT2D eigenvalue weighted by Crippen LogP contribution is -1.87. The molecule has 0 saturated carbocycles. The van der Waals surface area contributed by atoms with Crippen LogP contribution < -0.4 is 0 Å². The standard InChI is InChI=1S/C8H12N2/c1-4-7(2)8-5-10(3)6-9-8/h4-7H,1H2,2-3H3. The fourth-order valence-corrected chi connectivity index (χ4v) is 0.789. The minimum atomic E-state index is 0.362. The lowest BCUT2D eigenvalue weighted by Gasteiger charge is -1.97. The number of hydrogen-bond acceptors (Lipinski definition) is 1. The van der Waals surface area contributed by atoms with Gasteiger partial charge in [-0.2, -0.15) is 0 Å². The van der Waals surface area contributed by atoms with Crippen LogP contribution in [0.5, 0.6) is 0 Å². The van der Waals surface area contributed by atoms with Gasteiger partial charge in [-0.15, -0.1) is 6.58 Å². The normalized spacial score (nSPS) is 13.0. The van der Waals surface area contributed by atoms with Crippen LogP contribution in [0.15, 0.2) is 25.2 Å². The zero-order chi connectivity index (χ0) is 7.56. The molecule has 0 amide bonds. The second kappa shape index (κ2) is 2.69. The van der Waals surface area contributed by atoms with Crippen molar-refractivity contribution in [3.63, 3.8) is 0 Å². The van der Waals surface area contributed by atoms with E-state index in [9.17, 15) is 0 Å². The average molecular weight is 136 g/mol. The van der Waals surface area contributed by atoms with Crippen molar-refractivity contribution < 1.29 is 0 Å². The molecule has 1 aromatic rings. The summed E-state index contributed by atoms with van der Waals surface area (Å²) in [5.74, 6) is 0.362. The third-order valence-electron chi connectivity index (χ3n) is 1.54. The lowest BCUT2D eigenvalue weighted by atomic mass is 10.1. The summed E-state index contributed by atoms with van der Waals surface area (Å²) in [4.78, 5) is 4.18. The molecule has 0 bridgehead atoms. The Balaban J connectivity index is 2.84. The summed E-state index contributed by atoms with van der Waals surface area (Å²) in [5.41, 5.74) is 1.08. The van der Waals surface area contributed by atoms with E-state index in [4.69, 9.17) is 0 Å². The molecule has 1 unspecified atom stereocenters. The van der Waals surface area contributed by atoms with Crippen molar-refractivity contribution in [3.05, 3.63) is 30.9 Å². The molecule has 0 aliphatic carbocycles. The summed E-state index contributed by atoms with van der Waals surface area (Å²) >= 11 is 0. The van der Waals surface area contributed by atoms with Crippen molar-refractivity contribution in [2.45, 2.75) is 12.8 Å². The Labute approximate surface area is 61.2 Å². The van der Waals surface area contributed by atoms with E-state index < -0.39 is 0 Å². The van der Waals surface area contributed by atoms with Crippen LogP contribution in [0.3, 0.4) is 0 Å². The summed E-state index contributed by atoms with van der Waals surface area (Å²) in [7, 11) is 1.96. The number of aromatic nitrogens is 2. The van der Waals surface area contributed by atoms with E-state index >= 15 is 0 Å². The Bertz CT molecular complexity index is 225. The highest BCUT2D eigenvalue weighted by molar-refractivity contribution is 5.09. The van der Waals surface area contributed by atoms with E-state index in [1.165, 1.54) is 0 Å². The maximum Gasteiger partial charge on any atom is 0.0947 e. The number of allylic oxidation sites excluding steroid dienone is 1. The maximum absolute atomic E-state index is 4.18. The Morgan fingerprint density at radius 1 is 1.80 bits per heavy atom. The van der Waals surface area contributed by atoms with E-state index in [1.54, 1.807) is 6.33 Å². The molecule has 0 saturated heterocycles. The summed E-state index contributed by atoms with van der Waals surface area (Å²) < 4.78 is 1.94. The molecule has 0 radical (unpaired) electrons. The molecule has 0 aliphatic heterocycles. The lowest BCUT2D eigenvalue weighted by molar-refractivity contribution is 0.902. The van der Waals surface area contributed by atoms with Gasteiger partial charge in [0, 0.05) is 19.2 Å². The molecule has 0 N–H and O–H groups in total. The molecule has 1 heterocycles. The molecular weight excluding hydrogens is 124 g/mol. The van der Waals surface area contributed by atoms with Crippen molar-refractivity contribution in [1.82, 2.24) is 9.55 Å². The Hall–Kier alpha value is -1.05. The van der Waals surface area contributed by atoms with Gasteiger partial charge in [-0.3, -0.25) is 0 Å². The molecule has 1 aromatic heterocycles. The third-order valence-corrected chi connectivity index (χ3v) is 1.54. The molecule has 54 valence electrons. The molecule has 0 fully saturated rings. The van der Waals surface area contributed by atoms with Crippen molar-refractivity contribution in [3.8, 4) is 0 Å². The van der Waals surface area contributed by atoms with Gasteiger partial charge in [-0.25, -0.2) is 4.98 Å². The van der Waals surface area contributed by atoms with Crippen LogP contribution >= 0.6 is 0 Å². The number of rotatable bonds is 2. The van der Waals surface area contributed by atoms with E-state index in [0.29, 0.717) is 5.92 Å². The quantitative estimate of drug-likeness (QED) is 0.566. The second-order valence-corrected chi connectivity index (χ2v) is 2.49. The Kier molecular flexibility index (Phi) is 1.90. The largest absolute Gasteiger partial charge is 0.340 e. The van der Waals surface area contributed by atoms with Crippen molar-refractivity contribution in [1.29, 1.82) is 0 Å². The van der Waals surface area contributed by atoms with Gasteiger partial charge in [0.15, 0.2) is 0 Å². The number of aryl methyl sites for hydroxylation is 1. The van der Waals surface area contributed by atoms with Crippen LogP contribution in [-0.2, 0) is 7.05 Å². The average Bonchev–Trinajstić information content (AvgIpc) is 2.34. The summed E-state index contributed by atoms with van der Waals surface area (Å²) in [6.07, 6.45) is 5.70.